The Morgan fingerprint density at radius 2 is 1.93 bits per heavy atom. The lowest BCUT2D eigenvalue weighted by Crippen LogP contribution is -2.37. The highest BCUT2D eigenvalue weighted by Crippen LogP contribution is 1.98. The van der Waals surface area contributed by atoms with E-state index in [2.05, 4.69) is 0 Å². The normalized spacial score (nSPS) is 18.3. The second-order valence-electron chi connectivity index (χ2n) is 2.62. The molecule has 6 nitrogen and oxygen atoms in total. The Morgan fingerprint density at radius 3 is 2.50 bits per heavy atom. The van der Waals surface area contributed by atoms with E-state index in [0.717, 1.165) is 12.2 Å². The highest BCUT2D eigenvalue weighted by molar-refractivity contribution is 5.90. The van der Waals surface area contributed by atoms with E-state index in [9.17, 15) is 9.59 Å². The van der Waals surface area contributed by atoms with Crippen LogP contribution in [0, 0.1) is 0 Å². The third-order valence-corrected chi connectivity index (χ3v) is 1.55. The summed E-state index contributed by atoms with van der Waals surface area (Å²) >= 11 is 0. The van der Waals surface area contributed by atoms with Crippen LogP contribution in [0.4, 0.5) is 0 Å². The molecule has 1 saturated heterocycles. The van der Waals surface area contributed by atoms with Gasteiger partial charge in [0.1, 0.15) is 0 Å². The van der Waals surface area contributed by atoms with Crippen molar-refractivity contribution in [2.45, 2.75) is 0 Å². The zero-order valence-corrected chi connectivity index (χ0v) is 7.51. The second-order valence-corrected chi connectivity index (χ2v) is 2.62. The highest BCUT2D eigenvalue weighted by Gasteiger charge is 2.13. The van der Waals surface area contributed by atoms with Crippen LogP contribution in [0.5, 0.6) is 0 Å². The van der Waals surface area contributed by atoms with Crippen molar-refractivity contribution in [2.24, 2.45) is 0 Å². The number of hydrogen-bond donors (Lipinski definition) is 1. The Kier molecular flexibility index (Phi) is 4.09. The van der Waals surface area contributed by atoms with Crippen LogP contribution in [-0.4, -0.2) is 48.4 Å². The van der Waals surface area contributed by atoms with E-state index in [0.29, 0.717) is 26.3 Å². The molecule has 78 valence electrons. The van der Waals surface area contributed by atoms with Gasteiger partial charge in [-0.05, 0) is 0 Å². The van der Waals surface area contributed by atoms with Crippen LogP contribution in [0.2, 0.25) is 0 Å². The van der Waals surface area contributed by atoms with E-state index in [1.165, 1.54) is 5.06 Å². The average Bonchev–Trinajstić information content (AvgIpc) is 2.16. The van der Waals surface area contributed by atoms with Gasteiger partial charge in [-0.15, -0.1) is 5.06 Å². The van der Waals surface area contributed by atoms with Gasteiger partial charge in [-0.2, -0.15) is 0 Å². The van der Waals surface area contributed by atoms with Crippen LogP contribution in [0.25, 0.3) is 0 Å². The van der Waals surface area contributed by atoms with E-state index < -0.39 is 11.9 Å². The Hall–Kier alpha value is -1.40. The van der Waals surface area contributed by atoms with Gasteiger partial charge < -0.3 is 14.7 Å². The summed E-state index contributed by atoms with van der Waals surface area (Å²) in [5, 5.41) is 9.68. The van der Waals surface area contributed by atoms with Crippen molar-refractivity contribution in [3.63, 3.8) is 0 Å². The van der Waals surface area contributed by atoms with Crippen LogP contribution < -0.4 is 0 Å². The lowest BCUT2D eigenvalue weighted by molar-refractivity contribution is -0.199. The van der Waals surface area contributed by atoms with Crippen molar-refractivity contribution in [3.05, 3.63) is 12.2 Å². The molecule has 0 atom stereocenters. The van der Waals surface area contributed by atoms with Gasteiger partial charge in [-0.3, -0.25) is 0 Å². The third kappa shape index (κ3) is 4.01. The number of carbonyl (C=O) groups is 2. The van der Waals surface area contributed by atoms with E-state index in [1.807, 2.05) is 0 Å². The summed E-state index contributed by atoms with van der Waals surface area (Å²) in [4.78, 5) is 25.8. The molecule has 0 spiro atoms. The lowest BCUT2D eigenvalue weighted by atomic mass is 10.5. The number of morpholine rings is 1. The van der Waals surface area contributed by atoms with Gasteiger partial charge in [0, 0.05) is 12.2 Å². The molecular weight excluding hydrogens is 190 g/mol. The van der Waals surface area contributed by atoms with Gasteiger partial charge in [0.05, 0.1) is 26.3 Å². The first-order chi connectivity index (χ1) is 6.68. The first-order valence-electron chi connectivity index (χ1n) is 4.14. The fourth-order valence-electron chi connectivity index (χ4n) is 0.935. The fraction of sp³-hybridized carbons (Fsp3) is 0.500. The summed E-state index contributed by atoms with van der Waals surface area (Å²) in [6.07, 6.45) is 1.61. The molecule has 1 fully saturated rings. The van der Waals surface area contributed by atoms with Crippen LogP contribution in [0.3, 0.4) is 0 Å². The first-order valence-corrected chi connectivity index (χ1v) is 4.14. The highest BCUT2D eigenvalue weighted by atomic mass is 16.7. The molecule has 0 amide bonds. The first kappa shape index (κ1) is 10.7. The maximum atomic E-state index is 11.0. The minimum Gasteiger partial charge on any atom is -0.478 e. The van der Waals surface area contributed by atoms with Gasteiger partial charge >= 0.3 is 11.9 Å². The zero-order chi connectivity index (χ0) is 10.4. The number of carboxylic acid groups (broad SMARTS) is 1. The van der Waals surface area contributed by atoms with Gasteiger partial charge in [0.15, 0.2) is 0 Å². The predicted molar refractivity (Wildman–Crippen MR) is 45.3 cm³/mol. The minimum absolute atomic E-state index is 0.507. The fourth-order valence-corrected chi connectivity index (χ4v) is 0.935. The van der Waals surface area contributed by atoms with Crippen molar-refractivity contribution < 1.29 is 24.3 Å². The molecule has 0 aromatic rings. The van der Waals surface area contributed by atoms with Crippen molar-refractivity contribution in [2.75, 3.05) is 26.3 Å². The molecule has 14 heavy (non-hydrogen) atoms. The number of hydrogen-bond acceptors (Lipinski definition) is 5. The zero-order valence-electron chi connectivity index (χ0n) is 7.51. The molecule has 0 saturated carbocycles. The van der Waals surface area contributed by atoms with Crippen molar-refractivity contribution in [1.82, 2.24) is 5.06 Å². The molecule has 0 bridgehead atoms. The molecule has 0 unspecified atom stereocenters. The SMILES string of the molecule is O=C(O)/C=C\C(=O)ON1CCOCC1. The van der Waals surface area contributed by atoms with Gasteiger partial charge in [-0.25, -0.2) is 9.59 Å². The molecule has 1 N–H and O–H groups in total. The quantitative estimate of drug-likeness (QED) is 0.615. The maximum Gasteiger partial charge on any atom is 0.349 e. The Labute approximate surface area is 80.7 Å². The predicted octanol–water partition coefficient (Wildman–Crippen LogP) is -0.582. The Morgan fingerprint density at radius 1 is 1.29 bits per heavy atom. The summed E-state index contributed by atoms with van der Waals surface area (Å²) < 4.78 is 5.03. The monoisotopic (exact) mass is 201 g/mol. The van der Waals surface area contributed by atoms with Crippen LogP contribution in [-0.2, 0) is 19.2 Å². The average molecular weight is 201 g/mol. The second kappa shape index (κ2) is 5.36. The van der Waals surface area contributed by atoms with Crippen LogP contribution in [0.1, 0.15) is 0 Å². The molecule has 6 heteroatoms. The standard InChI is InChI=1S/C8H11NO5/c10-7(11)1-2-8(12)14-9-3-5-13-6-4-9/h1-2H,3-6H2,(H,10,11)/b2-1-. The number of carboxylic acids is 1. The molecule has 1 aliphatic rings. The Balaban J connectivity index is 2.28. The van der Waals surface area contributed by atoms with E-state index in [4.69, 9.17) is 14.7 Å². The number of ether oxygens (including phenoxy) is 1. The number of hydroxylamine groups is 2. The molecule has 0 aromatic carbocycles. The van der Waals surface area contributed by atoms with Crippen molar-refractivity contribution in [1.29, 1.82) is 0 Å². The molecule has 1 heterocycles. The summed E-state index contributed by atoms with van der Waals surface area (Å²) in [7, 11) is 0. The largest absolute Gasteiger partial charge is 0.478 e. The summed E-state index contributed by atoms with van der Waals surface area (Å²) in [6, 6.07) is 0. The Bertz CT molecular complexity index is 244. The van der Waals surface area contributed by atoms with Gasteiger partial charge in [-0.1, -0.05) is 0 Å². The minimum atomic E-state index is -1.18. The maximum absolute atomic E-state index is 11.0. The summed E-state index contributed by atoms with van der Waals surface area (Å²) in [5.74, 6) is -1.86. The molecule has 0 radical (unpaired) electrons. The van der Waals surface area contributed by atoms with Crippen molar-refractivity contribution >= 4 is 11.9 Å². The number of carbonyl (C=O) groups excluding carboxylic acids is 1. The number of nitrogens with zero attached hydrogens (tertiary/aromatic N) is 1. The third-order valence-electron chi connectivity index (χ3n) is 1.55. The lowest BCUT2D eigenvalue weighted by Gasteiger charge is -2.24. The molecule has 0 aromatic heterocycles. The molecular formula is C8H11NO5. The molecule has 1 rings (SSSR count). The topological polar surface area (TPSA) is 76.1 Å². The van der Waals surface area contributed by atoms with Crippen LogP contribution >= 0.6 is 0 Å². The van der Waals surface area contributed by atoms with Crippen LogP contribution in [0.15, 0.2) is 12.2 Å². The van der Waals surface area contributed by atoms with Gasteiger partial charge in [0.25, 0.3) is 0 Å². The number of aliphatic carboxylic acids is 1. The van der Waals surface area contributed by atoms with Gasteiger partial charge in [0.2, 0.25) is 0 Å². The molecule has 0 aliphatic carbocycles. The number of rotatable bonds is 3. The van der Waals surface area contributed by atoms with E-state index in [1.54, 1.807) is 0 Å². The molecule has 1 aliphatic heterocycles. The van der Waals surface area contributed by atoms with E-state index >= 15 is 0 Å². The van der Waals surface area contributed by atoms with E-state index in [-0.39, 0.29) is 0 Å². The van der Waals surface area contributed by atoms with Crippen molar-refractivity contribution in [3.8, 4) is 0 Å². The summed E-state index contributed by atoms with van der Waals surface area (Å²) in [6.45, 7) is 2.03. The summed E-state index contributed by atoms with van der Waals surface area (Å²) in [5.41, 5.74) is 0. The smallest absolute Gasteiger partial charge is 0.349 e.